The lowest BCUT2D eigenvalue weighted by Crippen LogP contribution is -2.41. The summed E-state index contributed by atoms with van der Waals surface area (Å²) in [5.74, 6) is -1.08. The van der Waals surface area contributed by atoms with Crippen molar-refractivity contribution in [1.29, 1.82) is 0 Å². The second-order valence-corrected chi connectivity index (χ2v) is 7.11. The molecule has 0 aromatic heterocycles. The Morgan fingerprint density at radius 2 is 1.48 bits per heavy atom. The molecule has 124 valence electrons. The van der Waals surface area contributed by atoms with Gasteiger partial charge in [0.05, 0.1) is 6.42 Å². The smallest absolute Gasteiger partial charge is 0.303 e. The molecule has 0 radical (unpaired) electrons. The molecule has 0 fully saturated rings. The molecule has 1 amide bonds. The molecule has 0 rings (SSSR count). The van der Waals surface area contributed by atoms with E-state index in [9.17, 15) is 9.59 Å². The normalized spacial score (nSPS) is 12.3. The molecule has 0 unspecified atom stereocenters. The predicted octanol–water partition coefficient (Wildman–Crippen LogP) is 1.32. The van der Waals surface area contributed by atoms with Crippen LogP contribution in [0.15, 0.2) is 0 Å². The fourth-order valence-electron chi connectivity index (χ4n) is 1.88. The van der Waals surface area contributed by atoms with Gasteiger partial charge in [0, 0.05) is 30.6 Å². The fraction of sp³-hybridized carbons (Fsp3) is 0.867. The zero-order valence-corrected chi connectivity index (χ0v) is 13.8. The van der Waals surface area contributed by atoms with Crippen LogP contribution in [0.5, 0.6) is 0 Å². The summed E-state index contributed by atoms with van der Waals surface area (Å²) >= 11 is 0. The van der Waals surface area contributed by atoms with E-state index in [2.05, 4.69) is 0 Å². The Morgan fingerprint density at radius 1 is 0.952 bits per heavy atom. The van der Waals surface area contributed by atoms with Gasteiger partial charge in [0.25, 0.3) is 0 Å². The van der Waals surface area contributed by atoms with Crippen LogP contribution in [-0.4, -0.2) is 46.1 Å². The van der Waals surface area contributed by atoms with Crippen LogP contribution in [0.1, 0.15) is 59.8 Å². The van der Waals surface area contributed by atoms with Crippen molar-refractivity contribution < 1.29 is 14.7 Å². The molecule has 0 heterocycles. The third kappa shape index (κ3) is 12.3. The van der Waals surface area contributed by atoms with Gasteiger partial charge in [0.1, 0.15) is 0 Å². The highest BCUT2D eigenvalue weighted by molar-refractivity contribution is 5.80. The van der Waals surface area contributed by atoms with E-state index >= 15 is 0 Å². The number of carboxylic acids is 1. The lowest BCUT2D eigenvalue weighted by Gasteiger charge is -2.28. The first-order chi connectivity index (χ1) is 9.41. The third-order valence-electron chi connectivity index (χ3n) is 3.18. The molecule has 0 spiro atoms. The van der Waals surface area contributed by atoms with Crippen molar-refractivity contribution in [1.82, 2.24) is 4.90 Å². The summed E-state index contributed by atoms with van der Waals surface area (Å²) in [5, 5.41) is 8.68. The Balaban J connectivity index is 4.46. The van der Waals surface area contributed by atoms with Crippen LogP contribution in [-0.2, 0) is 9.59 Å². The van der Waals surface area contributed by atoms with E-state index in [1.807, 2.05) is 27.7 Å². The highest BCUT2D eigenvalue weighted by atomic mass is 16.4. The monoisotopic (exact) mass is 301 g/mol. The summed E-state index contributed by atoms with van der Waals surface area (Å²) in [4.78, 5) is 24.4. The Kier molecular flexibility index (Phi) is 7.89. The highest BCUT2D eigenvalue weighted by Gasteiger charge is 2.19. The van der Waals surface area contributed by atoms with Gasteiger partial charge < -0.3 is 21.5 Å². The van der Waals surface area contributed by atoms with Crippen molar-refractivity contribution >= 4 is 11.9 Å². The second-order valence-electron chi connectivity index (χ2n) is 7.11. The zero-order valence-electron chi connectivity index (χ0n) is 13.8. The largest absolute Gasteiger partial charge is 0.481 e. The Hall–Kier alpha value is -1.14. The summed E-state index contributed by atoms with van der Waals surface area (Å²) in [5.41, 5.74) is 11.3. The van der Waals surface area contributed by atoms with E-state index in [1.54, 1.807) is 4.90 Å². The summed E-state index contributed by atoms with van der Waals surface area (Å²) < 4.78 is 0. The van der Waals surface area contributed by atoms with Gasteiger partial charge in [-0.15, -0.1) is 0 Å². The molecule has 0 aromatic rings. The van der Waals surface area contributed by atoms with Gasteiger partial charge in [-0.05, 0) is 47.0 Å². The molecule has 21 heavy (non-hydrogen) atoms. The van der Waals surface area contributed by atoms with Crippen LogP contribution in [0.4, 0.5) is 0 Å². The number of carbonyl (C=O) groups is 2. The number of rotatable bonds is 10. The number of nitrogens with zero attached hydrogens (tertiary/aromatic N) is 1. The Labute approximate surface area is 127 Å². The molecule has 6 nitrogen and oxygen atoms in total. The average molecular weight is 301 g/mol. The minimum Gasteiger partial charge on any atom is -0.481 e. The van der Waals surface area contributed by atoms with Gasteiger partial charge >= 0.3 is 5.97 Å². The van der Waals surface area contributed by atoms with Crippen molar-refractivity contribution in [2.24, 2.45) is 11.5 Å². The third-order valence-corrected chi connectivity index (χ3v) is 3.18. The molecular formula is C15H31N3O3. The molecule has 0 bridgehead atoms. The summed E-state index contributed by atoms with van der Waals surface area (Å²) in [6.45, 7) is 8.87. The van der Waals surface area contributed by atoms with Crippen molar-refractivity contribution in [3.8, 4) is 0 Å². The number of carboxylic acid groups (broad SMARTS) is 1. The van der Waals surface area contributed by atoms with Gasteiger partial charge in [0.15, 0.2) is 0 Å². The standard InChI is InChI=1S/C15H31N3O3/c1-14(2,16)8-5-10-18(11-9-15(3,4)17)12(19)6-7-13(20)21/h5-11,16-17H2,1-4H3,(H,20,21). The molecule has 0 aliphatic heterocycles. The van der Waals surface area contributed by atoms with Gasteiger partial charge in [0.2, 0.25) is 5.91 Å². The molecule has 0 aliphatic carbocycles. The lowest BCUT2D eigenvalue weighted by atomic mass is 9.99. The number of hydrogen-bond donors (Lipinski definition) is 3. The average Bonchev–Trinajstić information content (AvgIpc) is 2.27. The van der Waals surface area contributed by atoms with Crippen molar-refractivity contribution in [3.63, 3.8) is 0 Å². The van der Waals surface area contributed by atoms with E-state index in [1.165, 1.54) is 0 Å². The van der Waals surface area contributed by atoms with Crippen molar-refractivity contribution in [2.75, 3.05) is 13.1 Å². The maximum absolute atomic E-state index is 12.1. The van der Waals surface area contributed by atoms with Crippen LogP contribution >= 0.6 is 0 Å². The molecule has 0 saturated heterocycles. The van der Waals surface area contributed by atoms with Gasteiger partial charge in [-0.25, -0.2) is 0 Å². The SMILES string of the molecule is CC(C)(N)CCCN(CCC(C)(C)N)C(=O)CCC(=O)O. The minimum absolute atomic E-state index is 0.0341. The quantitative estimate of drug-likeness (QED) is 0.564. The molecule has 5 N–H and O–H groups in total. The van der Waals surface area contributed by atoms with Gasteiger partial charge in [-0.1, -0.05) is 0 Å². The van der Waals surface area contributed by atoms with Gasteiger partial charge in [-0.2, -0.15) is 0 Å². The first-order valence-electron chi connectivity index (χ1n) is 7.48. The van der Waals surface area contributed by atoms with E-state index in [0.29, 0.717) is 19.5 Å². The van der Waals surface area contributed by atoms with E-state index in [0.717, 1.165) is 12.8 Å². The van der Waals surface area contributed by atoms with E-state index in [4.69, 9.17) is 16.6 Å². The van der Waals surface area contributed by atoms with Crippen LogP contribution < -0.4 is 11.5 Å². The molecular weight excluding hydrogens is 270 g/mol. The molecule has 0 aliphatic rings. The van der Waals surface area contributed by atoms with Crippen LogP contribution in [0.3, 0.4) is 0 Å². The molecule has 0 aromatic carbocycles. The molecule has 0 saturated carbocycles. The van der Waals surface area contributed by atoms with Crippen LogP contribution in [0, 0.1) is 0 Å². The number of aliphatic carboxylic acids is 1. The molecule has 6 heteroatoms. The first kappa shape index (κ1) is 19.9. The minimum atomic E-state index is -0.953. The summed E-state index contributed by atoms with van der Waals surface area (Å²) in [7, 11) is 0. The molecule has 0 atom stereocenters. The maximum atomic E-state index is 12.1. The Bertz CT molecular complexity index is 343. The first-order valence-corrected chi connectivity index (χ1v) is 7.48. The maximum Gasteiger partial charge on any atom is 0.303 e. The lowest BCUT2D eigenvalue weighted by molar-refractivity contribution is -0.141. The number of hydrogen-bond acceptors (Lipinski definition) is 4. The number of nitrogens with two attached hydrogens (primary N) is 2. The second kappa shape index (κ2) is 8.34. The Morgan fingerprint density at radius 3 is 1.90 bits per heavy atom. The topological polar surface area (TPSA) is 110 Å². The highest BCUT2D eigenvalue weighted by Crippen LogP contribution is 2.12. The van der Waals surface area contributed by atoms with Gasteiger partial charge in [-0.3, -0.25) is 9.59 Å². The number of amides is 1. The van der Waals surface area contributed by atoms with Crippen LogP contribution in [0.2, 0.25) is 0 Å². The zero-order chi connectivity index (χ0) is 16.7. The van der Waals surface area contributed by atoms with Crippen molar-refractivity contribution in [3.05, 3.63) is 0 Å². The number of carbonyl (C=O) groups excluding carboxylic acids is 1. The van der Waals surface area contributed by atoms with Crippen molar-refractivity contribution in [2.45, 2.75) is 70.9 Å². The van der Waals surface area contributed by atoms with Crippen LogP contribution in [0.25, 0.3) is 0 Å². The fourth-order valence-corrected chi connectivity index (χ4v) is 1.88. The summed E-state index contributed by atoms with van der Waals surface area (Å²) in [6.07, 6.45) is 2.18. The van der Waals surface area contributed by atoms with E-state index < -0.39 is 5.97 Å². The van der Waals surface area contributed by atoms with E-state index in [-0.39, 0.29) is 29.8 Å². The summed E-state index contributed by atoms with van der Waals surface area (Å²) in [6, 6.07) is 0. The predicted molar refractivity (Wildman–Crippen MR) is 83.8 cm³/mol.